The molecule has 1 atom stereocenters. The fourth-order valence-electron chi connectivity index (χ4n) is 4.69. The Morgan fingerprint density at radius 2 is 1.43 bits per heavy atom. The number of benzene rings is 4. The van der Waals surface area contributed by atoms with E-state index < -0.39 is 30.8 Å². The van der Waals surface area contributed by atoms with E-state index in [4.69, 9.17) is 27.9 Å². The van der Waals surface area contributed by atoms with Crippen LogP contribution in [-0.4, -0.2) is 57.9 Å². The number of rotatable bonds is 11. The number of carbonyl (C=O) groups excluding carboxylic acids is 2. The second-order valence-electron chi connectivity index (χ2n) is 10.2. The van der Waals surface area contributed by atoms with Crippen LogP contribution in [-0.2, 0) is 27.4 Å². The molecule has 0 amide bonds. The van der Waals surface area contributed by atoms with Gasteiger partial charge in [0.25, 0.3) is 0 Å². The molecule has 5 rings (SSSR count). The number of hydrogen-bond donors (Lipinski definition) is 2. The van der Waals surface area contributed by atoms with E-state index in [-0.39, 0.29) is 5.69 Å². The number of ether oxygens (including phenoxy) is 2. The van der Waals surface area contributed by atoms with Crippen molar-refractivity contribution in [1.82, 2.24) is 9.78 Å². The highest BCUT2D eigenvalue weighted by Gasteiger charge is 2.39. The van der Waals surface area contributed by atoms with Gasteiger partial charge >= 0.3 is 11.9 Å². The van der Waals surface area contributed by atoms with Gasteiger partial charge in [0.1, 0.15) is 6.61 Å². The van der Waals surface area contributed by atoms with E-state index >= 15 is 0 Å². The molecule has 0 bridgehead atoms. The molecule has 1 aromatic heterocycles. The zero-order chi connectivity index (χ0) is 31.3. The van der Waals surface area contributed by atoms with Crippen LogP contribution in [0.2, 0.25) is 10.0 Å². The van der Waals surface area contributed by atoms with E-state index in [9.17, 15) is 19.8 Å². The number of fused-ring (bicyclic) bond motifs is 1. The van der Waals surface area contributed by atoms with Crippen molar-refractivity contribution in [1.29, 1.82) is 0 Å². The molecule has 0 radical (unpaired) electrons. The van der Waals surface area contributed by atoms with Crippen LogP contribution >= 0.6 is 23.2 Å². The number of para-hydroxylation sites is 1. The molecule has 0 fully saturated rings. The lowest BCUT2D eigenvalue weighted by Gasteiger charge is -2.26. The Balaban J connectivity index is 1.43. The molecule has 1 heterocycles. The quantitative estimate of drug-likeness (QED) is 0.181. The summed E-state index contributed by atoms with van der Waals surface area (Å²) in [7, 11) is 1.06. The average molecular weight is 635 g/mol. The van der Waals surface area contributed by atoms with Crippen LogP contribution in [0.1, 0.15) is 21.6 Å². The lowest BCUT2D eigenvalue weighted by Crippen LogP contribution is -2.48. The van der Waals surface area contributed by atoms with Gasteiger partial charge in [-0.05, 0) is 65.7 Å². The molecular formula is C33H29Cl2N3O6. The first-order valence-corrected chi connectivity index (χ1v) is 14.4. The van der Waals surface area contributed by atoms with Crippen molar-refractivity contribution in [3.63, 3.8) is 0 Å². The van der Waals surface area contributed by atoms with Gasteiger partial charge in [0.05, 0.1) is 24.9 Å². The minimum absolute atomic E-state index is 0.0121. The molecule has 4 aromatic carbocycles. The summed E-state index contributed by atoms with van der Waals surface area (Å²) in [6.45, 7) is -0.527. The number of halogens is 2. The number of esters is 2. The number of methoxy groups -OCH3 is 1. The third kappa shape index (κ3) is 6.87. The van der Waals surface area contributed by atoms with Crippen LogP contribution in [0.15, 0.2) is 97.1 Å². The third-order valence-electron chi connectivity index (χ3n) is 7.08. The summed E-state index contributed by atoms with van der Waals surface area (Å²) < 4.78 is 11.3. The predicted octanol–water partition coefficient (Wildman–Crippen LogP) is 5.59. The minimum atomic E-state index is -2.39. The maximum absolute atomic E-state index is 13.0. The smallest absolute Gasteiger partial charge is 0.359 e. The van der Waals surface area contributed by atoms with Gasteiger partial charge < -0.3 is 24.6 Å². The molecular weight excluding hydrogens is 605 g/mol. The van der Waals surface area contributed by atoms with Crippen molar-refractivity contribution in [2.24, 2.45) is 0 Å². The van der Waals surface area contributed by atoms with Crippen LogP contribution < -0.4 is 4.90 Å². The summed E-state index contributed by atoms with van der Waals surface area (Å²) in [5.74, 6) is -1.99. The fourth-order valence-corrected chi connectivity index (χ4v) is 4.94. The summed E-state index contributed by atoms with van der Waals surface area (Å²) in [6.07, 6.45) is 0. The molecule has 0 aliphatic heterocycles. The first kappa shape index (κ1) is 31.0. The maximum Gasteiger partial charge on any atom is 0.359 e. The van der Waals surface area contributed by atoms with E-state index in [0.29, 0.717) is 39.7 Å². The Hall–Kier alpha value is -4.41. The van der Waals surface area contributed by atoms with Gasteiger partial charge in [0.2, 0.25) is 5.60 Å². The number of nitrogens with zero attached hydrogens (tertiary/aromatic N) is 3. The molecule has 11 heteroatoms. The number of aliphatic hydroxyl groups excluding tert-OH is 1. The monoisotopic (exact) mass is 633 g/mol. The number of carbonyl (C=O) groups is 2. The van der Waals surface area contributed by atoms with E-state index in [1.165, 1.54) is 0 Å². The van der Waals surface area contributed by atoms with Crippen molar-refractivity contribution in [2.45, 2.75) is 18.7 Å². The van der Waals surface area contributed by atoms with Crippen LogP contribution in [0.25, 0.3) is 16.6 Å². The fraction of sp³-hybridized carbons (Fsp3) is 0.182. The SMILES string of the molecule is COC(=O)C(O)(CO)COC(=O)c1nn(-c2ccc(N(Cc3ccc(Cl)cc3)Cc3ccc(Cl)cc3)cc2)c2ccccc12. The van der Waals surface area contributed by atoms with Crippen LogP contribution in [0.4, 0.5) is 5.69 Å². The van der Waals surface area contributed by atoms with Crippen molar-refractivity contribution in [3.05, 3.63) is 124 Å². The van der Waals surface area contributed by atoms with E-state index in [2.05, 4.69) is 14.7 Å². The van der Waals surface area contributed by atoms with Crippen molar-refractivity contribution in [2.75, 3.05) is 25.2 Å². The Morgan fingerprint density at radius 3 is 1.98 bits per heavy atom. The van der Waals surface area contributed by atoms with Crippen molar-refractivity contribution in [3.8, 4) is 5.69 Å². The Kier molecular flexibility index (Phi) is 9.51. The van der Waals surface area contributed by atoms with Gasteiger partial charge in [0.15, 0.2) is 5.69 Å². The molecule has 9 nitrogen and oxygen atoms in total. The second kappa shape index (κ2) is 13.5. The Bertz CT molecular complexity index is 1710. The van der Waals surface area contributed by atoms with Gasteiger partial charge in [-0.25, -0.2) is 14.3 Å². The summed E-state index contributed by atoms with van der Waals surface area (Å²) in [5.41, 5.74) is 2.09. The Morgan fingerprint density at radius 1 is 0.864 bits per heavy atom. The summed E-state index contributed by atoms with van der Waals surface area (Å²) in [6, 6.07) is 30.3. The van der Waals surface area contributed by atoms with Gasteiger partial charge in [-0.1, -0.05) is 65.7 Å². The molecule has 5 aromatic rings. The lowest BCUT2D eigenvalue weighted by molar-refractivity contribution is -0.171. The zero-order valence-electron chi connectivity index (χ0n) is 23.7. The number of aliphatic hydroxyl groups is 2. The van der Waals surface area contributed by atoms with Crippen LogP contribution in [0.5, 0.6) is 0 Å². The summed E-state index contributed by atoms with van der Waals surface area (Å²) >= 11 is 12.2. The van der Waals surface area contributed by atoms with Gasteiger partial charge in [-0.15, -0.1) is 0 Å². The second-order valence-corrected chi connectivity index (χ2v) is 11.0. The van der Waals surface area contributed by atoms with Crippen molar-refractivity contribution < 1.29 is 29.3 Å². The summed E-state index contributed by atoms with van der Waals surface area (Å²) in [4.78, 5) is 27.1. The largest absolute Gasteiger partial charge is 0.467 e. The number of anilines is 1. The molecule has 1 unspecified atom stereocenters. The zero-order valence-corrected chi connectivity index (χ0v) is 25.2. The first-order valence-electron chi connectivity index (χ1n) is 13.6. The molecule has 226 valence electrons. The highest BCUT2D eigenvalue weighted by atomic mass is 35.5. The normalized spacial score (nSPS) is 12.5. The Labute approximate surface area is 263 Å². The van der Waals surface area contributed by atoms with E-state index in [0.717, 1.165) is 23.9 Å². The molecule has 0 saturated heterocycles. The molecule has 44 heavy (non-hydrogen) atoms. The van der Waals surface area contributed by atoms with Crippen molar-refractivity contribution >= 4 is 51.7 Å². The highest BCUT2D eigenvalue weighted by Crippen LogP contribution is 2.27. The average Bonchev–Trinajstić information content (AvgIpc) is 3.44. The van der Waals surface area contributed by atoms with Crippen LogP contribution in [0, 0.1) is 0 Å². The lowest BCUT2D eigenvalue weighted by atomic mass is 10.1. The van der Waals surface area contributed by atoms with E-state index in [1.807, 2.05) is 84.9 Å². The third-order valence-corrected chi connectivity index (χ3v) is 7.59. The highest BCUT2D eigenvalue weighted by molar-refractivity contribution is 6.30. The van der Waals surface area contributed by atoms with E-state index in [1.54, 1.807) is 16.8 Å². The number of aromatic nitrogens is 2. The molecule has 0 aliphatic carbocycles. The molecule has 2 N–H and O–H groups in total. The maximum atomic E-state index is 13.0. The van der Waals surface area contributed by atoms with Gasteiger partial charge in [-0.2, -0.15) is 5.10 Å². The summed E-state index contributed by atoms with van der Waals surface area (Å²) in [5, 5.41) is 26.2. The minimum Gasteiger partial charge on any atom is -0.467 e. The molecule has 0 spiro atoms. The predicted molar refractivity (Wildman–Crippen MR) is 168 cm³/mol. The standard InChI is InChI=1S/C33H29Cl2N3O6/c1-43-32(41)33(42,20-39)21-44-31(40)30-28-4-2-3-5-29(28)38(36-30)27-16-14-26(15-17-27)37(18-22-6-10-24(34)11-7-22)19-23-8-12-25(35)13-9-23/h2-17,39,42H,18-21H2,1H3. The first-order chi connectivity index (χ1) is 21.2. The molecule has 0 aliphatic rings. The van der Waals surface area contributed by atoms with Crippen LogP contribution in [0.3, 0.4) is 0 Å². The topological polar surface area (TPSA) is 114 Å². The van der Waals surface area contributed by atoms with Gasteiger partial charge in [0, 0.05) is 34.2 Å². The molecule has 0 saturated carbocycles. The van der Waals surface area contributed by atoms with Gasteiger partial charge in [-0.3, -0.25) is 0 Å². The number of hydrogen-bond acceptors (Lipinski definition) is 8.